The van der Waals surface area contributed by atoms with Crippen LogP contribution in [0.25, 0.3) is 0 Å². The third kappa shape index (κ3) is 29.2. The molecule has 274 valence electrons. The van der Waals surface area contributed by atoms with Gasteiger partial charge in [0.05, 0.1) is 40.3 Å². The molecule has 0 rings (SSSR count). The Hall–Kier alpha value is -2.97. The van der Waals surface area contributed by atoms with E-state index in [4.69, 9.17) is 14.2 Å². The molecule has 0 radical (unpaired) electrons. The highest BCUT2D eigenvalue weighted by Gasteiger charge is 2.25. The van der Waals surface area contributed by atoms with Gasteiger partial charge in [-0.1, -0.05) is 113 Å². The molecule has 0 aliphatic carbocycles. The molecular formula is C40H67NO7. The second kappa shape index (κ2) is 31.3. The maximum absolute atomic E-state index is 12.6. The lowest BCUT2D eigenvalue weighted by molar-refractivity contribution is -0.889. The molecule has 0 aliphatic rings. The summed E-state index contributed by atoms with van der Waals surface area (Å²) in [6.07, 6.45) is 35.4. The van der Waals surface area contributed by atoms with E-state index in [-0.39, 0.29) is 49.1 Å². The fraction of sp³-hybridized carbons (Fsp3) is 0.675. The monoisotopic (exact) mass is 673 g/mol. The van der Waals surface area contributed by atoms with Crippen LogP contribution in [0.2, 0.25) is 0 Å². The van der Waals surface area contributed by atoms with Gasteiger partial charge in [0.2, 0.25) is 0 Å². The summed E-state index contributed by atoms with van der Waals surface area (Å²) >= 11 is 0. The van der Waals surface area contributed by atoms with E-state index in [0.717, 1.165) is 57.8 Å². The summed E-state index contributed by atoms with van der Waals surface area (Å²) in [4.78, 5) is 36.5. The quantitative estimate of drug-likeness (QED) is 0.0244. The number of carbonyl (C=O) groups excluding carboxylic acids is 3. The molecule has 0 N–H and O–H groups in total. The predicted octanol–water partition coefficient (Wildman–Crippen LogP) is 7.74. The van der Waals surface area contributed by atoms with Gasteiger partial charge in [0, 0.05) is 19.3 Å². The number of ether oxygens (including phenoxy) is 3. The molecule has 0 aromatic rings. The number of likely N-dealkylation sites (N-methyl/N-ethyl adjacent to an activating group) is 1. The van der Waals surface area contributed by atoms with Crippen LogP contribution in [0.1, 0.15) is 123 Å². The number of carbonyl (C=O) groups is 3. The van der Waals surface area contributed by atoms with Gasteiger partial charge >= 0.3 is 11.9 Å². The molecule has 0 aromatic heterocycles. The zero-order valence-corrected chi connectivity index (χ0v) is 30.9. The van der Waals surface area contributed by atoms with Crippen molar-refractivity contribution in [3.05, 3.63) is 60.8 Å². The highest BCUT2D eigenvalue weighted by Crippen LogP contribution is 2.11. The first-order valence-corrected chi connectivity index (χ1v) is 18.4. The third-order valence-corrected chi connectivity index (χ3v) is 7.73. The Labute approximate surface area is 292 Å². The van der Waals surface area contributed by atoms with Crippen molar-refractivity contribution in [2.24, 2.45) is 0 Å². The molecule has 0 saturated carbocycles. The highest BCUT2D eigenvalue weighted by molar-refractivity contribution is 5.70. The summed E-state index contributed by atoms with van der Waals surface area (Å²) in [5, 5.41) is 11.5. The van der Waals surface area contributed by atoms with E-state index in [1.165, 1.54) is 25.7 Å². The van der Waals surface area contributed by atoms with Crippen molar-refractivity contribution in [3.63, 3.8) is 0 Å². The minimum Gasteiger partial charge on any atom is -0.544 e. The number of esters is 2. The molecule has 8 nitrogen and oxygen atoms in total. The van der Waals surface area contributed by atoms with Gasteiger partial charge in [0.15, 0.2) is 6.10 Å². The van der Waals surface area contributed by atoms with Gasteiger partial charge < -0.3 is 28.6 Å². The molecule has 2 atom stereocenters. The summed E-state index contributed by atoms with van der Waals surface area (Å²) in [5.41, 5.74) is 0. The lowest BCUT2D eigenvalue weighted by atomic mass is 10.1. The average molecular weight is 674 g/mol. The maximum Gasteiger partial charge on any atom is 0.306 e. The van der Waals surface area contributed by atoms with Gasteiger partial charge in [-0.3, -0.25) is 9.59 Å². The number of rotatable bonds is 31. The summed E-state index contributed by atoms with van der Waals surface area (Å²) in [6.45, 7) is 4.39. The number of aliphatic carboxylic acids is 1. The normalized spacial score (nSPS) is 13.8. The van der Waals surface area contributed by atoms with Gasteiger partial charge in [-0.05, 0) is 51.4 Å². The maximum atomic E-state index is 12.6. The highest BCUT2D eigenvalue weighted by atomic mass is 16.6. The van der Waals surface area contributed by atoms with Crippen molar-refractivity contribution < 1.29 is 38.2 Å². The number of nitrogens with zero attached hydrogens (tertiary/aromatic N) is 1. The fourth-order valence-electron chi connectivity index (χ4n) is 4.85. The van der Waals surface area contributed by atoms with Crippen LogP contribution in [0.5, 0.6) is 0 Å². The fourth-order valence-corrected chi connectivity index (χ4v) is 4.85. The van der Waals surface area contributed by atoms with Crippen LogP contribution in [-0.2, 0) is 28.6 Å². The molecule has 0 aromatic carbocycles. The first-order valence-electron chi connectivity index (χ1n) is 18.4. The Balaban J connectivity index is 4.50. The van der Waals surface area contributed by atoms with E-state index in [9.17, 15) is 19.5 Å². The number of carboxylic acids is 1. The van der Waals surface area contributed by atoms with Crippen molar-refractivity contribution in [2.75, 3.05) is 41.0 Å². The lowest BCUT2D eigenvalue weighted by Crippen LogP contribution is -2.55. The first-order chi connectivity index (χ1) is 23.1. The van der Waals surface area contributed by atoms with Crippen LogP contribution in [-0.4, -0.2) is 75.5 Å². The predicted molar refractivity (Wildman–Crippen MR) is 194 cm³/mol. The van der Waals surface area contributed by atoms with E-state index in [1.807, 2.05) is 30.4 Å². The molecule has 2 unspecified atom stereocenters. The van der Waals surface area contributed by atoms with Crippen LogP contribution >= 0.6 is 0 Å². The van der Waals surface area contributed by atoms with Crippen LogP contribution in [0.15, 0.2) is 60.8 Å². The van der Waals surface area contributed by atoms with Gasteiger partial charge in [0.25, 0.3) is 0 Å². The molecular weight excluding hydrogens is 606 g/mol. The second-order valence-corrected chi connectivity index (χ2v) is 13.2. The van der Waals surface area contributed by atoms with Crippen LogP contribution < -0.4 is 5.11 Å². The van der Waals surface area contributed by atoms with E-state index < -0.39 is 18.1 Å². The standard InChI is InChI=1S/C40H67NO7/c1-6-8-10-12-14-16-17-18-19-20-21-23-24-26-28-30-38(42)47-35-36(34-46-33-32-37(40(44)45)41(3,4)5)48-39(43)31-29-27-25-22-15-13-11-9-7-2/h8,10,12,14,16-19,22,25,36-37H,6-7,9,11,13,15,20-21,23-24,26-35H2,1-5H3/b10-8+,14-12+,17-16+,19-18+,25-22+. The molecule has 8 heteroatoms. The van der Waals surface area contributed by atoms with E-state index in [0.29, 0.717) is 12.8 Å². The van der Waals surface area contributed by atoms with E-state index in [2.05, 4.69) is 44.2 Å². The van der Waals surface area contributed by atoms with Gasteiger partial charge in [0.1, 0.15) is 12.6 Å². The number of carboxylic acid groups (broad SMARTS) is 1. The zero-order chi connectivity index (χ0) is 35.7. The molecule has 0 heterocycles. The van der Waals surface area contributed by atoms with Gasteiger partial charge in [-0.15, -0.1) is 0 Å². The summed E-state index contributed by atoms with van der Waals surface area (Å²) in [5.74, 6) is -1.82. The van der Waals surface area contributed by atoms with Crippen molar-refractivity contribution in [1.82, 2.24) is 0 Å². The number of quaternary nitrogens is 1. The van der Waals surface area contributed by atoms with E-state index >= 15 is 0 Å². The van der Waals surface area contributed by atoms with Crippen molar-refractivity contribution >= 4 is 17.9 Å². The zero-order valence-electron chi connectivity index (χ0n) is 30.9. The van der Waals surface area contributed by atoms with Crippen molar-refractivity contribution in [1.29, 1.82) is 0 Å². The Morgan fingerprint density at radius 1 is 0.646 bits per heavy atom. The largest absolute Gasteiger partial charge is 0.544 e. The molecule has 0 aliphatic heterocycles. The van der Waals surface area contributed by atoms with Crippen molar-refractivity contribution in [2.45, 2.75) is 135 Å². The molecule has 48 heavy (non-hydrogen) atoms. The van der Waals surface area contributed by atoms with Crippen molar-refractivity contribution in [3.8, 4) is 0 Å². The van der Waals surface area contributed by atoms with E-state index in [1.54, 1.807) is 21.1 Å². The molecule has 0 amide bonds. The number of allylic oxidation sites excluding steroid dienone is 10. The Morgan fingerprint density at radius 3 is 1.85 bits per heavy atom. The minimum atomic E-state index is -1.14. The number of hydrogen-bond donors (Lipinski definition) is 0. The summed E-state index contributed by atoms with van der Waals surface area (Å²) in [6, 6.07) is -0.734. The molecule has 0 fully saturated rings. The minimum absolute atomic E-state index is 0.0187. The molecule has 0 saturated heterocycles. The molecule has 0 spiro atoms. The summed E-state index contributed by atoms with van der Waals surface area (Å²) < 4.78 is 17.0. The third-order valence-electron chi connectivity index (χ3n) is 7.73. The van der Waals surface area contributed by atoms with Gasteiger partial charge in [-0.2, -0.15) is 0 Å². The Bertz CT molecular complexity index is 975. The van der Waals surface area contributed by atoms with Crippen LogP contribution in [0.4, 0.5) is 0 Å². The smallest absolute Gasteiger partial charge is 0.306 e. The SMILES string of the molecule is CC/C=C/C=C/C=C/C=C/CCCCCCCC(=O)OCC(COCCC(C(=O)[O-])[N+](C)(C)C)OC(=O)CCC/C=C/CCCCCC. The first kappa shape index (κ1) is 45.0. The topological polar surface area (TPSA) is 102 Å². The van der Waals surface area contributed by atoms with Gasteiger partial charge in [-0.25, -0.2) is 0 Å². The average Bonchev–Trinajstić information content (AvgIpc) is 3.03. The Kier molecular flexibility index (Phi) is 29.4. The molecule has 0 bridgehead atoms. The number of unbranched alkanes of at least 4 members (excludes halogenated alkanes) is 10. The second-order valence-electron chi connectivity index (χ2n) is 13.2. The summed E-state index contributed by atoms with van der Waals surface area (Å²) in [7, 11) is 5.37. The number of hydrogen-bond acceptors (Lipinski definition) is 7. The Morgan fingerprint density at radius 2 is 1.21 bits per heavy atom. The van der Waals surface area contributed by atoms with Crippen LogP contribution in [0, 0.1) is 0 Å². The van der Waals surface area contributed by atoms with Crippen LogP contribution in [0.3, 0.4) is 0 Å². The lowest BCUT2D eigenvalue weighted by Gasteiger charge is -2.34.